The molecule has 144 valence electrons. The van der Waals surface area contributed by atoms with Crippen molar-refractivity contribution >= 4 is 21.6 Å². The van der Waals surface area contributed by atoms with Crippen LogP contribution in [0.15, 0.2) is 35.4 Å². The topological polar surface area (TPSA) is 104 Å². The van der Waals surface area contributed by atoms with Gasteiger partial charge in [-0.15, -0.1) is 0 Å². The number of rotatable bonds is 6. The Labute approximate surface area is 155 Å². The van der Waals surface area contributed by atoms with Gasteiger partial charge in [-0.25, -0.2) is 21.9 Å². The predicted molar refractivity (Wildman–Crippen MR) is 95.1 cm³/mol. The van der Waals surface area contributed by atoms with Crippen molar-refractivity contribution in [3.63, 3.8) is 0 Å². The molecule has 0 aliphatic rings. The third-order valence-electron chi connectivity index (χ3n) is 3.71. The van der Waals surface area contributed by atoms with Crippen LogP contribution < -0.4 is 10.0 Å². The summed E-state index contributed by atoms with van der Waals surface area (Å²) < 4.78 is 53.1. The van der Waals surface area contributed by atoms with E-state index in [0.29, 0.717) is 18.2 Å². The zero-order chi connectivity index (χ0) is 20.4. The fourth-order valence-corrected chi connectivity index (χ4v) is 3.40. The number of carbonyl (C=O) groups is 1. The first-order valence-electron chi connectivity index (χ1n) is 7.79. The zero-order valence-corrected chi connectivity index (χ0v) is 15.7. The summed E-state index contributed by atoms with van der Waals surface area (Å²) in [7, 11) is -2.74. The van der Waals surface area contributed by atoms with Gasteiger partial charge in [0.15, 0.2) is 0 Å². The number of nitrogens with one attached hydrogen (secondary N) is 2. The van der Waals surface area contributed by atoms with Gasteiger partial charge in [-0.05, 0) is 30.7 Å². The highest BCUT2D eigenvalue weighted by Gasteiger charge is 2.27. The number of nitrogens with zero attached hydrogens (tertiary/aromatic N) is 2. The molecule has 1 heterocycles. The van der Waals surface area contributed by atoms with E-state index in [0.717, 1.165) is 17.8 Å². The number of halogens is 2. The average Bonchev–Trinajstić information content (AvgIpc) is 2.97. The molecule has 0 aliphatic carbocycles. The van der Waals surface area contributed by atoms with Crippen molar-refractivity contribution in [1.29, 1.82) is 5.26 Å². The highest BCUT2D eigenvalue weighted by Crippen LogP contribution is 2.19. The number of amides is 1. The Morgan fingerprint density at radius 2 is 2.00 bits per heavy atom. The maximum absolute atomic E-state index is 12.9. The Bertz CT molecular complexity index is 1020. The fraction of sp³-hybridized carbons (Fsp3) is 0.294. The Kier molecular flexibility index (Phi) is 5.67. The SMILES string of the molecule is Cc1ccc(NC(=O)c2cc(S(=O)(=O)NCC(C)(F)F)cn2C)cc1C#N. The Balaban J connectivity index is 2.23. The van der Waals surface area contributed by atoms with Crippen LogP contribution in [0, 0.1) is 18.3 Å². The molecule has 0 aliphatic heterocycles. The zero-order valence-electron chi connectivity index (χ0n) is 14.9. The molecule has 0 fully saturated rings. The van der Waals surface area contributed by atoms with E-state index in [4.69, 9.17) is 5.26 Å². The Morgan fingerprint density at radius 3 is 2.59 bits per heavy atom. The summed E-state index contributed by atoms with van der Waals surface area (Å²) in [6.45, 7) is 1.30. The highest BCUT2D eigenvalue weighted by molar-refractivity contribution is 7.89. The lowest BCUT2D eigenvalue weighted by atomic mass is 10.1. The molecule has 0 saturated heterocycles. The number of carbonyl (C=O) groups excluding carboxylic acids is 1. The molecule has 1 aromatic carbocycles. The van der Waals surface area contributed by atoms with Gasteiger partial charge in [-0.1, -0.05) is 6.07 Å². The summed E-state index contributed by atoms with van der Waals surface area (Å²) >= 11 is 0. The molecule has 7 nitrogen and oxygen atoms in total. The Hall–Kier alpha value is -2.77. The first-order chi connectivity index (χ1) is 12.4. The van der Waals surface area contributed by atoms with Crippen LogP contribution in [-0.2, 0) is 17.1 Å². The number of aryl methyl sites for hydroxylation is 2. The molecule has 0 unspecified atom stereocenters. The number of anilines is 1. The largest absolute Gasteiger partial charge is 0.345 e. The number of benzene rings is 1. The molecule has 1 aromatic heterocycles. The summed E-state index contributed by atoms with van der Waals surface area (Å²) in [5, 5.41) is 11.6. The van der Waals surface area contributed by atoms with Crippen LogP contribution in [0.5, 0.6) is 0 Å². The van der Waals surface area contributed by atoms with Gasteiger partial charge in [-0.3, -0.25) is 4.79 Å². The van der Waals surface area contributed by atoms with E-state index in [2.05, 4.69) is 5.32 Å². The minimum atomic E-state index is -4.19. The maximum atomic E-state index is 12.9. The number of hydrogen-bond donors (Lipinski definition) is 2. The minimum absolute atomic E-state index is 0.0118. The molecule has 0 saturated carbocycles. The van der Waals surface area contributed by atoms with Crippen LogP contribution in [0.1, 0.15) is 28.5 Å². The van der Waals surface area contributed by atoms with Gasteiger partial charge < -0.3 is 9.88 Å². The molecule has 2 aromatic rings. The second kappa shape index (κ2) is 7.46. The Morgan fingerprint density at radius 1 is 1.33 bits per heavy atom. The smallest absolute Gasteiger partial charge is 0.272 e. The number of alkyl halides is 2. The summed E-state index contributed by atoms with van der Waals surface area (Å²) in [5.74, 6) is -3.81. The van der Waals surface area contributed by atoms with Gasteiger partial charge in [-0.2, -0.15) is 5.26 Å². The predicted octanol–water partition coefficient (Wildman–Crippen LogP) is 2.39. The van der Waals surface area contributed by atoms with Crippen LogP contribution in [0.2, 0.25) is 0 Å². The lowest BCUT2D eigenvalue weighted by molar-refractivity contribution is 0.0281. The van der Waals surface area contributed by atoms with Gasteiger partial charge in [0.25, 0.3) is 11.8 Å². The summed E-state index contributed by atoms with van der Waals surface area (Å²) in [6, 6.07) is 7.87. The first-order valence-corrected chi connectivity index (χ1v) is 9.27. The normalized spacial score (nSPS) is 11.9. The second-order valence-electron chi connectivity index (χ2n) is 6.16. The molecule has 2 rings (SSSR count). The summed E-state index contributed by atoms with van der Waals surface area (Å²) in [6.07, 6.45) is 1.15. The van der Waals surface area contributed by atoms with Gasteiger partial charge in [0.2, 0.25) is 10.0 Å². The van der Waals surface area contributed by atoms with Crippen LogP contribution in [0.4, 0.5) is 14.5 Å². The molecule has 2 N–H and O–H groups in total. The average molecular weight is 396 g/mol. The van der Waals surface area contributed by atoms with Crippen molar-refractivity contribution < 1.29 is 22.0 Å². The molecule has 10 heteroatoms. The number of aromatic nitrogens is 1. The molecular weight excluding hydrogens is 378 g/mol. The van der Waals surface area contributed by atoms with Gasteiger partial charge in [0, 0.05) is 25.9 Å². The van der Waals surface area contributed by atoms with Gasteiger partial charge in [0.05, 0.1) is 18.2 Å². The number of nitriles is 1. The molecule has 0 bridgehead atoms. The quantitative estimate of drug-likeness (QED) is 0.782. The molecular formula is C17H18F2N4O3S. The number of hydrogen-bond acceptors (Lipinski definition) is 4. The molecule has 27 heavy (non-hydrogen) atoms. The fourth-order valence-electron chi connectivity index (χ4n) is 2.23. The van der Waals surface area contributed by atoms with Crippen LogP contribution >= 0.6 is 0 Å². The lowest BCUT2D eigenvalue weighted by Crippen LogP contribution is -2.34. The van der Waals surface area contributed by atoms with E-state index in [1.165, 1.54) is 17.7 Å². The van der Waals surface area contributed by atoms with Crippen molar-refractivity contribution in [3.8, 4) is 6.07 Å². The molecule has 0 radical (unpaired) electrons. The van der Waals surface area contributed by atoms with E-state index in [1.54, 1.807) is 23.8 Å². The van der Waals surface area contributed by atoms with E-state index in [1.807, 2.05) is 6.07 Å². The van der Waals surface area contributed by atoms with E-state index in [9.17, 15) is 22.0 Å². The number of sulfonamides is 1. The van der Waals surface area contributed by atoms with Crippen molar-refractivity contribution in [3.05, 3.63) is 47.3 Å². The minimum Gasteiger partial charge on any atom is -0.345 e. The molecule has 0 spiro atoms. The molecule has 0 atom stereocenters. The maximum Gasteiger partial charge on any atom is 0.272 e. The van der Waals surface area contributed by atoms with Crippen molar-refractivity contribution in [2.75, 3.05) is 11.9 Å². The third kappa shape index (κ3) is 5.12. The van der Waals surface area contributed by atoms with E-state index < -0.39 is 28.4 Å². The summed E-state index contributed by atoms with van der Waals surface area (Å²) in [5.41, 5.74) is 1.53. The van der Waals surface area contributed by atoms with E-state index >= 15 is 0 Å². The van der Waals surface area contributed by atoms with E-state index in [-0.39, 0.29) is 10.6 Å². The van der Waals surface area contributed by atoms with Gasteiger partial charge in [0.1, 0.15) is 10.6 Å². The standard InChI is InChI=1S/C17H18F2N4O3S/c1-11-4-5-13(6-12(11)8-20)22-16(24)15-7-14(9-23(15)3)27(25,26)21-10-17(2,18)19/h4-7,9,21H,10H2,1-3H3,(H,22,24). The van der Waals surface area contributed by atoms with Gasteiger partial charge >= 0.3 is 0 Å². The summed E-state index contributed by atoms with van der Waals surface area (Å²) in [4.78, 5) is 12.1. The van der Waals surface area contributed by atoms with Crippen LogP contribution in [-0.4, -0.2) is 31.4 Å². The second-order valence-corrected chi connectivity index (χ2v) is 7.93. The highest BCUT2D eigenvalue weighted by atomic mass is 32.2. The van der Waals surface area contributed by atoms with Crippen molar-refractivity contribution in [1.82, 2.24) is 9.29 Å². The van der Waals surface area contributed by atoms with Crippen LogP contribution in [0.25, 0.3) is 0 Å². The lowest BCUT2D eigenvalue weighted by Gasteiger charge is -2.10. The van der Waals surface area contributed by atoms with Crippen molar-refractivity contribution in [2.24, 2.45) is 7.05 Å². The molecule has 1 amide bonds. The first kappa shape index (κ1) is 20.5. The third-order valence-corrected chi connectivity index (χ3v) is 5.08. The monoisotopic (exact) mass is 396 g/mol. The van der Waals surface area contributed by atoms with Crippen LogP contribution in [0.3, 0.4) is 0 Å². The van der Waals surface area contributed by atoms with Crippen molar-refractivity contribution in [2.45, 2.75) is 24.7 Å².